The van der Waals surface area contributed by atoms with E-state index in [-0.39, 0.29) is 5.78 Å². The quantitative estimate of drug-likeness (QED) is 0.479. The fourth-order valence-corrected chi connectivity index (χ4v) is 0.789. The van der Waals surface area contributed by atoms with Crippen LogP contribution < -0.4 is 0 Å². The zero-order valence-corrected chi connectivity index (χ0v) is 6.82. The maximum atomic E-state index is 11.2. The van der Waals surface area contributed by atoms with E-state index in [1.54, 1.807) is 13.2 Å². The first-order chi connectivity index (χ1) is 5.74. The highest BCUT2D eigenvalue weighted by Crippen LogP contribution is 1.99. The molecular weight excluding hydrogens is 154 g/mol. The van der Waals surface area contributed by atoms with Crippen molar-refractivity contribution in [2.24, 2.45) is 7.05 Å². The Hall–Kier alpha value is -1.63. The molecule has 1 rings (SSSR count). The van der Waals surface area contributed by atoms with Gasteiger partial charge in [-0.1, -0.05) is 5.21 Å². The smallest absolute Gasteiger partial charge is 0.185 e. The van der Waals surface area contributed by atoms with E-state index in [1.807, 2.05) is 0 Å². The summed E-state index contributed by atoms with van der Waals surface area (Å²) in [5.74, 6) is 2.34. The van der Waals surface area contributed by atoms with Crippen LogP contribution in [0, 0.1) is 12.3 Å². The molecule has 0 spiro atoms. The van der Waals surface area contributed by atoms with E-state index in [9.17, 15) is 4.79 Å². The molecule has 12 heavy (non-hydrogen) atoms. The minimum Gasteiger partial charge on any atom is -0.292 e. The number of aryl methyl sites for hydroxylation is 1. The third kappa shape index (κ3) is 1.92. The Morgan fingerprint density at radius 2 is 2.58 bits per heavy atom. The first-order valence-corrected chi connectivity index (χ1v) is 3.57. The number of hydrogen-bond donors (Lipinski definition) is 0. The molecule has 1 aromatic heterocycles. The molecule has 0 saturated heterocycles. The lowest BCUT2D eigenvalue weighted by atomic mass is 10.2. The van der Waals surface area contributed by atoms with Crippen LogP contribution in [0.15, 0.2) is 6.20 Å². The van der Waals surface area contributed by atoms with Crippen molar-refractivity contribution in [1.29, 1.82) is 0 Å². The van der Waals surface area contributed by atoms with Crippen LogP contribution >= 0.6 is 0 Å². The number of ketones is 1. The number of aromatic nitrogens is 3. The average Bonchev–Trinajstić information content (AvgIpc) is 2.47. The lowest BCUT2D eigenvalue weighted by molar-refractivity contribution is 0.0979. The van der Waals surface area contributed by atoms with E-state index in [1.165, 1.54) is 4.68 Å². The Balaban J connectivity index is 2.61. The van der Waals surface area contributed by atoms with Crippen LogP contribution in [0.4, 0.5) is 0 Å². The summed E-state index contributed by atoms with van der Waals surface area (Å²) in [6.45, 7) is 0. The summed E-state index contributed by atoms with van der Waals surface area (Å²) in [6, 6.07) is 0. The molecule has 0 fully saturated rings. The second kappa shape index (κ2) is 3.67. The zero-order chi connectivity index (χ0) is 8.97. The molecule has 4 nitrogen and oxygen atoms in total. The second-order valence-corrected chi connectivity index (χ2v) is 2.40. The van der Waals surface area contributed by atoms with Crippen molar-refractivity contribution in [2.75, 3.05) is 0 Å². The van der Waals surface area contributed by atoms with Crippen molar-refractivity contribution in [1.82, 2.24) is 15.0 Å². The summed E-state index contributed by atoms with van der Waals surface area (Å²) in [4.78, 5) is 11.2. The van der Waals surface area contributed by atoms with Crippen molar-refractivity contribution < 1.29 is 4.79 Å². The van der Waals surface area contributed by atoms with Crippen molar-refractivity contribution in [3.05, 3.63) is 11.9 Å². The van der Waals surface area contributed by atoms with Crippen molar-refractivity contribution in [3.63, 3.8) is 0 Å². The molecule has 0 bridgehead atoms. The van der Waals surface area contributed by atoms with Crippen molar-refractivity contribution in [2.45, 2.75) is 12.8 Å². The number of nitrogens with zero attached hydrogens (tertiary/aromatic N) is 3. The Kier molecular flexibility index (Phi) is 2.59. The van der Waals surface area contributed by atoms with Gasteiger partial charge in [-0.05, 0) is 0 Å². The van der Waals surface area contributed by atoms with Crippen molar-refractivity contribution in [3.8, 4) is 12.3 Å². The van der Waals surface area contributed by atoms with Crippen LogP contribution in [0.1, 0.15) is 23.3 Å². The lowest BCUT2D eigenvalue weighted by Gasteiger charge is -1.88. The molecule has 0 aliphatic rings. The molecule has 0 radical (unpaired) electrons. The maximum absolute atomic E-state index is 11.2. The molecule has 0 aliphatic carbocycles. The minimum atomic E-state index is -0.0546. The SMILES string of the molecule is C#CCCC(=O)c1cn(C)nn1. The summed E-state index contributed by atoms with van der Waals surface area (Å²) >= 11 is 0. The van der Waals surface area contributed by atoms with Crippen molar-refractivity contribution >= 4 is 5.78 Å². The normalized spacial score (nSPS) is 9.33. The van der Waals surface area contributed by atoms with Crippen LogP contribution in [-0.2, 0) is 7.05 Å². The van der Waals surface area contributed by atoms with Gasteiger partial charge in [0.05, 0.1) is 6.20 Å². The monoisotopic (exact) mass is 163 g/mol. The first kappa shape index (κ1) is 8.47. The van der Waals surface area contributed by atoms with Crippen LogP contribution in [0.2, 0.25) is 0 Å². The van der Waals surface area contributed by atoms with Crippen LogP contribution in [-0.4, -0.2) is 20.8 Å². The van der Waals surface area contributed by atoms with Crippen LogP contribution in [0.5, 0.6) is 0 Å². The molecule has 1 heterocycles. The van der Waals surface area contributed by atoms with Gasteiger partial charge in [-0.15, -0.1) is 17.4 Å². The van der Waals surface area contributed by atoms with E-state index < -0.39 is 0 Å². The van der Waals surface area contributed by atoms with Gasteiger partial charge >= 0.3 is 0 Å². The van der Waals surface area contributed by atoms with Gasteiger partial charge in [0.15, 0.2) is 5.78 Å². The molecule has 0 unspecified atom stereocenters. The van der Waals surface area contributed by atoms with Gasteiger partial charge in [-0.25, -0.2) is 0 Å². The largest absolute Gasteiger partial charge is 0.292 e. The third-order valence-corrected chi connectivity index (χ3v) is 1.38. The van der Waals surface area contributed by atoms with Gasteiger partial charge in [-0.2, -0.15) is 0 Å². The van der Waals surface area contributed by atoms with E-state index in [0.717, 1.165) is 0 Å². The third-order valence-electron chi connectivity index (χ3n) is 1.38. The first-order valence-electron chi connectivity index (χ1n) is 3.57. The number of Topliss-reactive ketones (excluding diaryl/α,β-unsaturated/α-hetero) is 1. The summed E-state index contributed by atoms with van der Waals surface area (Å²) in [5, 5.41) is 7.30. The zero-order valence-electron chi connectivity index (χ0n) is 6.82. The maximum Gasteiger partial charge on any atom is 0.185 e. The number of rotatable bonds is 3. The number of carbonyl (C=O) groups is 1. The molecule has 0 atom stereocenters. The summed E-state index contributed by atoms with van der Waals surface area (Å²) < 4.78 is 1.49. The molecule has 1 aromatic rings. The predicted octanol–water partition coefficient (Wildman–Crippen LogP) is 0.411. The Morgan fingerprint density at radius 1 is 1.83 bits per heavy atom. The fraction of sp³-hybridized carbons (Fsp3) is 0.375. The number of carbonyl (C=O) groups excluding carboxylic acids is 1. The van der Waals surface area contributed by atoms with Gasteiger partial charge < -0.3 is 0 Å². The van der Waals surface area contributed by atoms with Gasteiger partial charge in [0, 0.05) is 19.9 Å². The molecular formula is C8H9N3O. The molecule has 0 N–H and O–H groups in total. The van der Waals surface area contributed by atoms with Gasteiger partial charge in [0.25, 0.3) is 0 Å². The molecule has 0 aliphatic heterocycles. The molecule has 62 valence electrons. The molecule has 0 amide bonds. The van der Waals surface area contributed by atoms with Crippen LogP contribution in [0.25, 0.3) is 0 Å². The van der Waals surface area contributed by atoms with Crippen LogP contribution in [0.3, 0.4) is 0 Å². The Labute approximate surface area is 70.6 Å². The highest BCUT2D eigenvalue weighted by Gasteiger charge is 2.07. The van der Waals surface area contributed by atoms with E-state index >= 15 is 0 Å². The minimum absolute atomic E-state index is 0.0546. The predicted molar refractivity (Wildman–Crippen MR) is 43.4 cm³/mol. The van der Waals surface area contributed by atoms with E-state index in [2.05, 4.69) is 16.2 Å². The van der Waals surface area contributed by atoms with E-state index in [0.29, 0.717) is 18.5 Å². The topological polar surface area (TPSA) is 47.8 Å². The standard InChI is InChI=1S/C8H9N3O/c1-3-4-5-8(12)7-6-11(2)10-9-7/h1,6H,4-5H2,2H3. The highest BCUT2D eigenvalue weighted by molar-refractivity contribution is 5.93. The fourth-order valence-electron chi connectivity index (χ4n) is 0.789. The van der Waals surface area contributed by atoms with Gasteiger partial charge in [0.1, 0.15) is 5.69 Å². The number of terminal acetylenes is 1. The highest BCUT2D eigenvalue weighted by atomic mass is 16.1. The lowest BCUT2D eigenvalue weighted by Crippen LogP contribution is -1.98. The summed E-state index contributed by atoms with van der Waals surface area (Å²) in [7, 11) is 1.71. The molecule has 0 saturated carbocycles. The van der Waals surface area contributed by atoms with E-state index in [4.69, 9.17) is 6.42 Å². The number of hydrogen-bond acceptors (Lipinski definition) is 3. The second-order valence-electron chi connectivity index (χ2n) is 2.40. The molecule has 0 aromatic carbocycles. The Morgan fingerprint density at radius 3 is 3.08 bits per heavy atom. The van der Waals surface area contributed by atoms with Gasteiger partial charge in [-0.3, -0.25) is 9.48 Å². The summed E-state index contributed by atoms with van der Waals surface area (Å²) in [5.41, 5.74) is 0.382. The summed E-state index contributed by atoms with van der Waals surface area (Å²) in [6.07, 6.45) is 7.40. The van der Waals surface area contributed by atoms with Gasteiger partial charge in [0.2, 0.25) is 0 Å². The molecule has 4 heteroatoms. The average molecular weight is 163 g/mol. The Bertz CT molecular complexity index is 321.